The number of hydrogen-bond donors (Lipinski definition) is 4. The van der Waals surface area contributed by atoms with E-state index in [1.807, 2.05) is 84.9 Å². The molecule has 0 aromatic heterocycles. The number of anilines is 2. The van der Waals surface area contributed by atoms with E-state index >= 15 is 0 Å². The summed E-state index contributed by atoms with van der Waals surface area (Å²) in [5.74, 6) is 0. The van der Waals surface area contributed by atoms with E-state index in [2.05, 4.69) is 47.5 Å². The number of amides is 4. The molecule has 0 aliphatic heterocycles. The van der Waals surface area contributed by atoms with Gasteiger partial charge in [-0.3, -0.25) is 0 Å². The van der Waals surface area contributed by atoms with E-state index in [-0.39, 0.29) is 12.1 Å². The second-order valence-electron chi connectivity index (χ2n) is 11.6. The van der Waals surface area contributed by atoms with Gasteiger partial charge in [0.2, 0.25) is 0 Å². The molecule has 4 aromatic rings. The molecule has 216 valence electrons. The molecule has 41 heavy (non-hydrogen) atoms. The van der Waals surface area contributed by atoms with Gasteiger partial charge in [-0.1, -0.05) is 72.8 Å². The quantitative estimate of drug-likeness (QED) is 0.0997. The van der Waals surface area contributed by atoms with Gasteiger partial charge in [-0.05, 0) is 74.0 Å². The molecule has 0 bridgehead atoms. The van der Waals surface area contributed by atoms with Crippen molar-refractivity contribution >= 4 is 61.6 Å². The summed E-state index contributed by atoms with van der Waals surface area (Å²) in [6.45, 7) is 10.2. The second kappa shape index (κ2) is 13.8. The van der Waals surface area contributed by atoms with Crippen molar-refractivity contribution in [1.29, 1.82) is 0 Å². The summed E-state index contributed by atoms with van der Waals surface area (Å²) in [6, 6.07) is 29.4. The zero-order valence-corrected chi connectivity index (χ0v) is 26.6. The fraction of sp³-hybridized carbons (Fsp3) is 0.312. The average molecular weight is 587 g/mol. The van der Waals surface area contributed by atoms with E-state index in [0.717, 1.165) is 57.8 Å². The monoisotopic (exact) mass is 586 g/mol. The average Bonchev–Trinajstić information content (AvgIpc) is 2.93. The molecular formula is C32H42N4O3Si2. The molecule has 4 N–H and O–H groups in total. The summed E-state index contributed by atoms with van der Waals surface area (Å²) < 4.78 is 6.75. The summed E-state index contributed by atoms with van der Waals surface area (Å²) >= 11 is 0. The standard InChI is InChI=1S/C32H42N4O3Si2/c1-40(2,23-11-21-33-31(37)35-29-19-9-15-25-13-5-7-17-27(25)29)39-41(3,4)24-12-22-34-32(38)36-30-20-10-16-26-14-6-8-18-28(26)30/h5-10,13-20H,11-12,21-24H2,1-4H3,(H2,33,35,37)(H2,34,36,38). The Bertz CT molecular complexity index is 1370. The minimum absolute atomic E-state index is 0.187. The highest BCUT2D eigenvalue weighted by molar-refractivity contribution is 6.84. The number of fused-ring (bicyclic) bond motifs is 2. The van der Waals surface area contributed by atoms with Crippen LogP contribution in [0.25, 0.3) is 21.5 Å². The molecule has 0 heterocycles. The van der Waals surface area contributed by atoms with Crippen LogP contribution in [0.3, 0.4) is 0 Å². The lowest BCUT2D eigenvalue weighted by molar-refractivity contribution is 0.251. The van der Waals surface area contributed by atoms with Gasteiger partial charge in [0.1, 0.15) is 0 Å². The summed E-state index contributed by atoms with van der Waals surface area (Å²) in [7, 11) is -3.78. The molecule has 0 radical (unpaired) electrons. The molecule has 7 nitrogen and oxygen atoms in total. The number of carbonyl (C=O) groups excluding carboxylic acids is 2. The first-order chi connectivity index (χ1) is 19.6. The molecule has 0 aliphatic rings. The van der Waals surface area contributed by atoms with E-state index in [4.69, 9.17) is 4.12 Å². The molecule has 4 aromatic carbocycles. The Morgan fingerprint density at radius 1 is 0.585 bits per heavy atom. The van der Waals surface area contributed by atoms with Crippen LogP contribution in [0, 0.1) is 0 Å². The predicted octanol–water partition coefficient (Wildman–Crippen LogP) is 8.14. The third-order valence-corrected chi connectivity index (χ3v) is 14.6. The Morgan fingerprint density at radius 3 is 1.41 bits per heavy atom. The fourth-order valence-electron chi connectivity index (χ4n) is 5.28. The number of hydrogen-bond acceptors (Lipinski definition) is 3. The van der Waals surface area contributed by atoms with E-state index < -0.39 is 16.6 Å². The summed E-state index contributed by atoms with van der Waals surface area (Å²) in [4.78, 5) is 25.0. The van der Waals surface area contributed by atoms with Crippen molar-refractivity contribution in [2.75, 3.05) is 23.7 Å². The van der Waals surface area contributed by atoms with Gasteiger partial charge in [0.25, 0.3) is 0 Å². The first-order valence-corrected chi connectivity index (χ1v) is 20.6. The number of carbonyl (C=O) groups is 2. The van der Waals surface area contributed by atoms with Gasteiger partial charge in [0.05, 0.1) is 11.4 Å². The Kier molecular flexibility index (Phi) is 10.2. The Labute approximate surface area is 245 Å². The lowest BCUT2D eigenvalue weighted by Crippen LogP contribution is -2.45. The van der Waals surface area contributed by atoms with Crippen LogP contribution in [0.5, 0.6) is 0 Å². The number of rotatable bonds is 12. The molecule has 4 rings (SSSR count). The zero-order valence-electron chi connectivity index (χ0n) is 24.6. The maximum Gasteiger partial charge on any atom is 0.319 e. The van der Waals surface area contributed by atoms with Gasteiger partial charge >= 0.3 is 12.1 Å². The summed E-state index contributed by atoms with van der Waals surface area (Å²) in [6.07, 6.45) is 1.76. The topological polar surface area (TPSA) is 91.5 Å². The molecule has 0 saturated heterocycles. The number of nitrogens with one attached hydrogen (secondary N) is 4. The van der Waals surface area contributed by atoms with E-state index in [0.29, 0.717) is 13.1 Å². The lowest BCUT2D eigenvalue weighted by Gasteiger charge is -2.34. The highest BCUT2D eigenvalue weighted by Crippen LogP contribution is 2.25. The van der Waals surface area contributed by atoms with Gasteiger partial charge in [0.15, 0.2) is 16.6 Å². The van der Waals surface area contributed by atoms with Gasteiger partial charge in [-0.2, -0.15) is 0 Å². The van der Waals surface area contributed by atoms with Crippen LogP contribution < -0.4 is 21.3 Å². The Morgan fingerprint density at radius 2 is 0.976 bits per heavy atom. The molecule has 4 amide bonds. The zero-order chi connectivity index (χ0) is 29.3. The van der Waals surface area contributed by atoms with Gasteiger partial charge in [-0.15, -0.1) is 0 Å². The van der Waals surface area contributed by atoms with Crippen LogP contribution in [-0.4, -0.2) is 41.8 Å². The Hall–Kier alpha value is -3.67. The van der Waals surface area contributed by atoms with Crippen molar-refractivity contribution in [3.8, 4) is 0 Å². The normalized spacial score (nSPS) is 11.8. The maximum atomic E-state index is 12.5. The van der Waals surface area contributed by atoms with Gasteiger partial charge in [-0.25, -0.2) is 9.59 Å². The molecular weight excluding hydrogens is 545 g/mol. The largest absolute Gasteiger partial charge is 0.455 e. The fourth-order valence-corrected chi connectivity index (χ4v) is 14.1. The first kappa shape index (κ1) is 30.3. The third-order valence-electron chi connectivity index (χ3n) is 7.11. The van der Waals surface area contributed by atoms with Crippen molar-refractivity contribution in [3.63, 3.8) is 0 Å². The molecule has 9 heteroatoms. The molecule has 0 atom stereocenters. The van der Waals surface area contributed by atoms with Crippen LogP contribution in [-0.2, 0) is 4.12 Å². The molecule has 0 fully saturated rings. The highest BCUT2D eigenvalue weighted by atomic mass is 28.4. The van der Waals surface area contributed by atoms with Crippen LogP contribution in [0.2, 0.25) is 38.3 Å². The third kappa shape index (κ3) is 9.17. The summed E-state index contributed by atoms with van der Waals surface area (Å²) in [5.41, 5.74) is 1.62. The highest BCUT2D eigenvalue weighted by Gasteiger charge is 2.32. The molecule has 0 unspecified atom stereocenters. The van der Waals surface area contributed by atoms with E-state index in [9.17, 15) is 9.59 Å². The van der Waals surface area contributed by atoms with Crippen LogP contribution in [0.1, 0.15) is 12.8 Å². The smallest absolute Gasteiger partial charge is 0.319 e. The van der Waals surface area contributed by atoms with Crippen molar-refractivity contribution < 1.29 is 13.7 Å². The minimum atomic E-state index is -1.89. The molecule has 0 spiro atoms. The van der Waals surface area contributed by atoms with E-state index in [1.165, 1.54) is 0 Å². The second-order valence-corrected chi connectivity index (χ2v) is 20.5. The van der Waals surface area contributed by atoms with Gasteiger partial charge in [0, 0.05) is 23.9 Å². The lowest BCUT2D eigenvalue weighted by atomic mass is 10.1. The van der Waals surface area contributed by atoms with Crippen LogP contribution in [0.4, 0.5) is 21.0 Å². The Balaban J connectivity index is 1.13. The van der Waals surface area contributed by atoms with Crippen molar-refractivity contribution in [2.24, 2.45) is 0 Å². The predicted molar refractivity (Wildman–Crippen MR) is 177 cm³/mol. The van der Waals surface area contributed by atoms with Gasteiger partial charge < -0.3 is 25.4 Å². The maximum absolute atomic E-state index is 12.5. The first-order valence-electron chi connectivity index (χ1n) is 14.4. The van der Waals surface area contributed by atoms with Crippen LogP contribution in [0.15, 0.2) is 84.9 Å². The number of urea groups is 2. The number of benzene rings is 4. The van der Waals surface area contributed by atoms with Crippen LogP contribution >= 0.6 is 0 Å². The SMILES string of the molecule is C[Si](C)(CCCNC(=O)Nc1cccc2ccccc12)O[Si](C)(C)CCCNC(=O)Nc1cccc2ccccc12. The van der Waals surface area contributed by atoms with E-state index in [1.54, 1.807) is 0 Å². The minimum Gasteiger partial charge on any atom is -0.455 e. The van der Waals surface area contributed by atoms with Crippen molar-refractivity contribution in [3.05, 3.63) is 84.9 Å². The molecule has 0 aliphatic carbocycles. The van der Waals surface area contributed by atoms with Crippen molar-refractivity contribution in [1.82, 2.24) is 10.6 Å². The van der Waals surface area contributed by atoms with Crippen molar-refractivity contribution in [2.45, 2.75) is 51.1 Å². The molecule has 0 saturated carbocycles. The summed E-state index contributed by atoms with van der Waals surface area (Å²) in [5, 5.41) is 16.2.